The van der Waals surface area contributed by atoms with Gasteiger partial charge >= 0.3 is 0 Å². The van der Waals surface area contributed by atoms with Gasteiger partial charge in [0.25, 0.3) is 5.91 Å². The number of carbonyl (C=O) groups is 1. The zero-order chi connectivity index (χ0) is 22.8. The van der Waals surface area contributed by atoms with E-state index in [-0.39, 0.29) is 28.2 Å². The average molecular weight is 453 g/mol. The van der Waals surface area contributed by atoms with Crippen molar-refractivity contribution in [3.8, 4) is 22.6 Å². The molecule has 3 heterocycles. The lowest BCUT2D eigenvalue weighted by atomic mass is 10.0. The first kappa shape index (κ1) is 20.6. The summed E-state index contributed by atoms with van der Waals surface area (Å²) in [4.78, 5) is 23.9. The van der Waals surface area contributed by atoms with Gasteiger partial charge in [0.2, 0.25) is 0 Å². The molecule has 1 amide bonds. The van der Waals surface area contributed by atoms with E-state index < -0.39 is 9.84 Å². The highest BCUT2D eigenvalue weighted by atomic mass is 32.2. The Morgan fingerprint density at radius 3 is 2.62 bits per heavy atom. The van der Waals surface area contributed by atoms with Crippen LogP contribution in [-0.2, 0) is 23.4 Å². The molecule has 0 radical (unpaired) electrons. The van der Waals surface area contributed by atoms with E-state index >= 15 is 0 Å². The number of aryl methyl sites for hydroxylation is 1. The molecule has 0 bridgehead atoms. The van der Waals surface area contributed by atoms with Crippen LogP contribution in [0.1, 0.15) is 35.7 Å². The fourth-order valence-corrected chi connectivity index (χ4v) is 5.30. The number of nitrogens with two attached hydrogens (primary N) is 1. The molecule has 2 aliphatic rings. The zero-order valence-corrected chi connectivity index (χ0v) is 18.9. The van der Waals surface area contributed by atoms with Gasteiger partial charge in [-0.15, -0.1) is 0 Å². The number of sulfone groups is 1. The van der Waals surface area contributed by atoms with Gasteiger partial charge in [-0.1, -0.05) is 0 Å². The topological polar surface area (TPSA) is 124 Å². The Bertz CT molecular complexity index is 1360. The summed E-state index contributed by atoms with van der Waals surface area (Å²) in [6.45, 7) is 2.42. The summed E-state index contributed by atoms with van der Waals surface area (Å²) in [6.07, 6.45) is 6.49. The second-order valence-corrected chi connectivity index (χ2v) is 10.6. The number of carbonyl (C=O) groups excluding carboxylic acids is 1. The Balaban J connectivity index is 1.64. The molecule has 1 fully saturated rings. The van der Waals surface area contributed by atoms with Gasteiger partial charge in [-0.3, -0.25) is 9.48 Å². The molecule has 1 aliphatic carbocycles. The van der Waals surface area contributed by atoms with E-state index in [2.05, 4.69) is 15.1 Å². The van der Waals surface area contributed by atoms with Crippen molar-refractivity contribution in [2.24, 2.45) is 13.0 Å². The molecule has 5 rings (SSSR count). The van der Waals surface area contributed by atoms with E-state index in [9.17, 15) is 13.2 Å². The number of hydrogen-bond acceptors (Lipinski definition) is 7. The van der Waals surface area contributed by atoms with E-state index in [1.165, 1.54) is 12.3 Å². The van der Waals surface area contributed by atoms with Gasteiger partial charge in [-0.05, 0) is 49.4 Å². The summed E-state index contributed by atoms with van der Waals surface area (Å²) in [5.41, 5.74) is 9.24. The van der Waals surface area contributed by atoms with Crippen LogP contribution < -0.4 is 5.73 Å². The molecule has 0 saturated heterocycles. The van der Waals surface area contributed by atoms with Crippen LogP contribution in [0.15, 0.2) is 35.5 Å². The van der Waals surface area contributed by atoms with Gasteiger partial charge in [-0.2, -0.15) is 5.10 Å². The van der Waals surface area contributed by atoms with Crippen LogP contribution in [-0.4, -0.2) is 51.3 Å². The summed E-state index contributed by atoms with van der Waals surface area (Å²) < 4.78 is 27.0. The van der Waals surface area contributed by atoms with E-state index in [0.29, 0.717) is 40.7 Å². The minimum absolute atomic E-state index is 0.0289. The van der Waals surface area contributed by atoms with Gasteiger partial charge in [0, 0.05) is 37.7 Å². The van der Waals surface area contributed by atoms with Crippen LogP contribution in [0, 0.1) is 5.92 Å². The predicted molar refractivity (Wildman–Crippen MR) is 119 cm³/mol. The minimum atomic E-state index is -3.65. The molecule has 1 saturated carbocycles. The normalized spacial score (nSPS) is 17.0. The first-order chi connectivity index (χ1) is 15.1. The number of aromatic nitrogens is 4. The molecular weight excluding hydrogens is 428 g/mol. The monoisotopic (exact) mass is 452 g/mol. The molecular formula is C22H24N6O3S. The second kappa shape index (κ2) is 7.13. The van der Waals surface area contributed by atoms with E-state index in [1.54, 1.807) is 28.9 Å². The number of benzene rings is 1. The van der Waals surface area contributed by atoms with Gasteiger partial charge in [0.05, 0.1) is 28.0 Å². The number of nitrogen functional groups attached to an aromatic ring is 1. The Hall–Kier alpha value is -3.27. The maximum absolute atomic E-state index is 13.2. The van der Waals surface area contributed by atoms with Crippen molar-refractivity contribution in [2.75, 3.05) is 12.0 Å². The number of fused-ring (bicyclic) bond motifs is 1. The summed E-state index contributed by atoms with van der Waals surface area (Å²) in [5, 5.41) is 4.15. The largest absolute Gasteiger partial charge is 0.382 e. The summed E-state index contributed by atoms with van der Waals surface area (Å²) >= 11 is 0. The summed E-state index contributed by atoms with van der Waals surface area (Å²) in [7, 11) is -1.87. The van der Waals surface area contributed by atoms with Crippen molar-refractivity contribution in [1.29, 1.82) is 0 Å². The molecule has 2 aromatic heterocycles. The highest BCUT2D eigenvalue weighted by molar-refractivity contribution is 7.90. The van der Waals surface area contributed by atoms with Crippen molar-refractivity contribution in [3.63, 3.8) is 0 Å². The Kier molecular flexibility index (Phi) is 4.59. The third-order valence-electron chi connectivity index (χ3n) is 6.35. The Morgan fingerprint density at radius 1 is 1.25 bits per heavy atom. The van der Waals surface area contributed by atoms with E-state index in [4.69, 9.17) is 5.73 Å². The Labute approximate surface area is 186 Å². The smallest absolute Gasteiger partial charge is 0.256 e. The minimum Gasteiger partial charge on any atom is -0.382 e. The fourth-order valence-electron chi connectivity index (χ4n) is 4.37. The zero-order valence-electron chi connectivity index (χ0n) is 18.1. The van der Waals surface area contributed by atoms with Crippen molar-refractivity contribution < 1.29 is 13.2 Å². The van der Waals surface area contributed by atoms with Crippen LogP contribution in [0.5, 0.6) is 0 Å². The molecule has 0 spiro atoms. The molecule has 3 aromatic rings. The fraction of sp³-hybridized carbons (Fsp3) is 0.364. The van der Waals surface area contributed by atoms with Crippen LogP contribution >= 0.6 is 0 Å². The lowest BCUT2D eigenvalue weighted by Crippen LogP contribution is -2.35. The van der Waals surface area contributed by atoms with E-state index in [1.807, 2.05) is 13.0 Å². The van der Waals surface area contributed by atoms with Gasteiger partial charge < -0.3 is 10.6 Å². The lowest BCUT2D eigenvalue weighted by molar-refractivity contribution is 0.0694. The molecule has 166 valence electrons. The number of anilines is 1. The van der Waals surface area contributed by atoms with Crippen molar-refractivity contribution in [2.45, 2.75) is 37.2 Å². The van der Waals surface area contributed by atoms with Crippen LogP contribution in [0.3, 0.4) is 0 Å². The predicted octanol–water partition coefficient (Wildman–Crippen LogP) is 2.28. The van der Waals surface area contributed by atoms with Crippen LogP contribution in [0.4, 0.5) is 5.82 Å². The third-order valence-corrected chi connectivity index (χ3v) is 7.48. The van der Waals surface area contributed by atoms with Crippen molar-refractivity contribution in [3.05, 3.63) is 41.7 Å². The maximum atomic E-state index is 13.2. The SMILES string of the molecule is C[C@@H](C1CC1)N1Cc2cc(-c3cnc(N)c(-c4ccnn4C)n3)cc(S(C)(=O)=O)c2C1=O. The highest BCUT2D eigenvalue weighted by Gasteiger charge is 2.40. The molecule has 1 aliphatic heterocycles. The molecule has 9 nitrogen and oxygen atoms in total. The van der Waals surface area contributed by atoms with Gasteiger partial charge in [0.1, 0.15) is 5.69 Å². The van der Waals surface area contributed by atoms with E-state index in [0.717, 1.165) is 19.1 Å². The molecule has 1 atom stereocenters. The number of hydrogen-bond donors (Lipinski definition) is 1. The number of rotatable bonds is 5. The second-order valence-electron chi connectivity index (χ2n) is 8.62. The van der Waals surface area contributed by atoms with Gasteiger partial charge in [-0.25, -0.2) is 18.4 Å². The van der Waals surface area contributed by atoms with Gasteiger partial charge in [0.15, 0.2) is 15.7 Å². The maximum Gasteiger partial charge on any atom is 0.256 e. The third kappa shape index (κ3) is 3.35. The molecule has 10 heteroatoms. The van der Waals surface area contributed by atoms with Crippen LogP contribution in [0.25, 0.3) is 22.6 Å². The first-order valence-electron chi connectivity index (χ1n) is 10.4. The van der Waals surface area contributed by atoms with Crippen LogP contribution in [0.2, 0.25) is 0 Å². The van der Waals surface area contributed by atoms with Crippen molar-refractivity contribution >= 4 is 21.6 Å². The average Bonchev–Trinajstić information content (AvgIpc) is 3.43. The summed E-state index contributed by atoms with van der Waals surface area (Å²) in [6, 6.07) is 5.22. The quantitative estimate of drug-likeness (QED) is 0.630. The number of nitrogens with zero attached hydrogens (tertiary/aromatic N) is 5. The highest BCUT2D eigenvalue weighted by Crippen LogP contribution is 2.40. The lowest BCUT2D eigenvalue weighted by Gasteiger charge is -2.24. The Morgan fingerprint density at radius 2 is 2.00 bits per heavy atom. The molecule has 0 unspecified atom stereocenters. The number of amides is 1. The standard InChI is InChI=1S/C22H24N6O3S/c1-12(13-4-5-13)28-11-15-8-14(9-18(32(3,30)31)19(15)22(28)29)16-10-24-21(23)20(26-16)17-6-7-25-27(17)2/h6-10,12-13H,4-5,11H2,1-3H3,(H2,23,24)/t12-/m0/s1. The molecule has 32 heavy (non-hydrogen) atoms. The first-order valence-corrected chi connectivity index (χ1v) is 12.3. The van der Waals surface area contributed by atoms with Crippen molar-refractivity contribution in [1.82, 2.24) is 24.6 Å². The molecule has 1 aromatic carbocycles. The molecule has 2 N–H and O–H groups in total. The summed E-state index contributed by atoms with van der Waals surface area (Å²) in [5.74, 6) is 0.519.